The van der Waals surface area contributed by atoms with Crippen LogP contribution in [0.2, 0.25) is 0 Å². The van der Waals surface area contributed by atoms with Gasteiger partial charge in [-0.1, -0.05) is 6.07 Å². The van der Waals surface area contributed by atoms with E-state index in [0.29, 0.717) is 5.75 Å². The predicted octanol–water partition coefficient (Wildman–Crippen LogP) is 4.40. The number of hydrogen-bond donors (Lipinski definition) is 2. The van der Waals surface area contributed by atoms with Gasteiger partial charge < -0.3 is 24.1 Å². The van der Waals surface area contributed by atoms with Crippen molar-refractivity contribution in [2.24, 2.45) is 5.92 Å². The standard InChI is InChI=1S/C34H50N2O7/c1-31(2,3)42-26(38)13-11-23(30(39)43-32(4,5)6)35-22-14-15-34(40-7)25-18-21-10-12-24(37)28-27(21)33(34,29(22)41-28)16-17-36(25)19-20-8-9-20/h10,12,20,22-23,25,29,35,37H,8-9,11,13-19H2,1-7H3/t22-,23+,25-,29+,33+,34-/m1/s1. The zero-order chi connectivity index (χ0) is 30.9. The van der Waals surface area contributed by atoms with E-state index < -0.39 is 34.2 Å². The molecule has 6 rings (SSSR count). The van der Waals surface area contributed by atoms with Crippen molar-refractivity contribution in [3.8, 4) is 11.5 Å². The molecule has 3 fully saturated rings. The molecule has 9 nitrogen and oxygen atoms in total. The minimum atomic E-state index is -0.724. The third-order valence-electron chi connectivity index (χ3n) is 10.3. The van der Waals surface area contributed by atoms with Gasteiger partial charge in [0.05, 0.1) is 11.0 Å². The topological polar surface area (TPSA) is 107 Å². The lowest BCUT2D eigenvalue weighted by Gasteiger charge is -2.65. The maximum Gasteiger partial charge on any atom is 0.323 e. The highest BCUT2D eigenvalue weighted by Gasteiger charge is 2.74. The van der Waals surface area contributed by atoms with Crippen LogP contribution in [0, 0.1) is 5.92 Å². The Balaban J connectivity index is 1.33. The third-order valence-corrected chi connectivity index (χ3v) is 10.3. The average molecular weight is 599 g/mol. The Hall–Kier alpha value is -2.36. The SMILES string of the molecule is CO[C@@]12CC[C@@H](N[C@@H](CCC(=O)OC(C)(C)C)C(=O)OC(C)(C)C)[C@@H]3Oc4c(O)ccc5c4[C@@]31CCN(CC1CC1)[C@@H]2C5. The second-order valence-corrected chi connectivity index (χ2v) is 15.5. The molecule has 2 saturated carbocycles. The number of phenolic OH excluding ortho intramolecular Hbond substituents is 1. The molecule has 238 valence electrons. The average Bonchev–Trinajstić information content (AvgIpc) is 3.65. The maximum absolute atomic E-state index is 13.6. The third kappa shape index (κ3) is 5.33. The van der Waals surface area contributed by atoms with Gasteiger partial charge in [0, 0.05) is 37.7 Å². The van der Waals surface area contributed by atoms with Gasteiger partial charge in [-0.3, -0.25) is 19.8 Å². The summed E-state index contributed by atoms with van der Waals surface area (Å²) in [6.07, 6.45) is 5.84. The molecule has 1 spiro atoms. The van der Waals surface area contributed by atoms with E-state index in [4.69, 9.17) is 18.9 Å². The van der Waals surface area contributed by atoms with E-state index in [1.807, 2.05) is 48.7 Å². The number of ether oxygens (including phenoxy) is 4. The number of piperidine rings is 1. The summed E-state index contributed by atoms with van der Waals surface area (Å²) in [5.41, 5.74) is 0.109. The molecular formula is C34H50N2O7. The molecule has 0 amide bonds. The van der Waals surface area contributed by atoms with Crippen LogP contribution < -0.4 is 10.1 Å². The number of benzene rings is 1. The Kier molecular flexibility index (Phi) is 7.57. The Morgan fingerprint density at radius 2 is 1.81 bits per heavy atom. The monoisotopic (exact) mass is 598 g/mol. The molecular weight excluding hydrogens is 548 g/mol. The molecule has 43 heavy (non-hydrogen) atoms. The summed E-state index contributed by atoms with van der Waals surface area (Å²) in [4.78, 5) is 28.9. The van der Waals surface area contributed by atoms with Crippen molar-refractivity contribution in [2.75, 3.05) is 20.2 Å². The molecule has 2 bridgehead atoms. The van der Waals surface area contributed by atoms with Gasteiger partial charge in [0.2, 0.25) is 0 Å². The van der Waals surface area contributed by atoms with Crippen LogP contribution >= 0.6 is 0 Å². The molecule has 2 aliphatic heterocycles. The van der Waals surface area contributed by atoms with Gasteiger partial charge in [-0.05, 0) is 111 Å². The fourth-order valence-corrected chi connectivity index (χ4v) is 8.60. The lowest BCUT2D eigenvalue weighted by molar-refractivity contribution is -0.208. The first kappa shape index (κ1) is 30.7. The van der Waals surface area contributed by atoms with Gasteiger partial charge in [-0.25, -0.2) is 0 Å². The lowest BCUT2D eigenvalue weighted by atomic mass is 9.48. The van der Waals surface area contributed by atoms with Crippen molar-refractivity contribution in [2.45, 2.75) is 139 Å². The lowest BCUT2D eigenvalue weighted by Crippen LogP contribution is -2.79. The highest BCUT2D eigenvalue weighted by molar-refractivity contribution is 5.78. The summed E-state index contributed by atoms with van der Waals surface area (Å²) in [5.74, 6) is 0.749. The molecule has 2 heterocycles. The van der Waals surface area contributed by atoms with Crippen molar-refractivity contribution >= 4 is 11.9 Å². The summed E-state index contributed by atoms with van der Waals surface area (Å²) in [6, 6.07) is 3.10. The molecule has 9 heteroatoms. The van der Waals surface area contributed by atoms with Gasteiger partial charge in [0.25, 0.3) is 0 Å². The molecule has 3 aliphatic carbocycles. The number of nitrogens with zero attached hydrogens (tertiary/aromatic N) is 1. The van der Waals surface area contributed by atoms with Crippen molar-refractivity contribution in [3.63, 3.8) is 0 Å². The normalized spacial score (nSPS) is 32.0. The number of carbonyl (C=O) groups is 2. The molecule has 0 radical (unpaired) electrons. The summed E-state index contributed by atoms with van der Waals surface area (Å²) in [5, 5.41) is 14.7. The van der Waals surface area contributed by atoms with Crippen LogP contribution in [0.15, 0.2) is 12.1 Å². The van der Waals surface area contributed by atoms with Crippen LogP contribution in [0.1, 0.15) is 97.6 Å². The summed E-state index contributed by atoms with van der Waals surface area (Å²) < 4.78 is 24.9. The largest absolute Gasteiger partial charge is 0.504 e. The van der Waals surface area contributed by atoms with Crippen molar-refractivity contribution < 1.29 is 33.6 Å². The van der Waals surface area contributed by atoms with Crippen LogP contribution in [0.3, 0.4) is 0 Å². The molecule has 1 aromatic carbocycles. The van der Waals surface area contributed by atoms with E-state index in [1.54, 1.807) is 6.07 Å². The minimum absolute atomic E-state index is 0.0862. The van der Waals surface area contributed by atoms with E-state index in [2.05, 4.69) is 16.3 Å². The number of hydrogen-bond acceptors (Lipinski definition) is 9. The maximum atomic E-state index is 13.6. The number of phenols is 1. The van der Waals surface area contributed by atoms with Gasteiger partial charge in [-0.15, -0.1) is 0 Å². The van der Waals surface area contributed by atoms with Crippen LogP contribution in [0.25, 0.3) is 0 Å². The summed E-state index contributed by atoms with van der Waals surface area (Å²) >= 11 is 0. The van der Waals surface area contributed by atoms with Crippen LogP contribution in [-0.2, 0) is 35.6 Å². The van der Waals surface area contributed by atoms with E-state index in [0.717, 1.165) is 50.3 Å². The van der Waals surface area contributed by atoms with Crippen molar-refractivity contribution in [1.29, 1.82) is 0 Å². The number of esters is 2. The zero-order valence-corrected chi connectivity index (χ0v) is 27.0. The Morgan fingerprint density at radius 3 is 2.47 bits per heavy atom. The van der Waals surface area contributed by atoms with Gasteiger partial charge in [0.1, 0.15) is 23.3 Å². The quantitative estimate of drug-likeness (QED) is 0.400. The van der Waals surface area contributed by atoms with Crippen LogP contribution in [0.5, 0.6) is 11.5 Å². The molecule has 0 unspecified atom stereocenters. The first-order valence-electron chi connectivity index (χ1n) is 16.2. The fraction of sp³-hybridized carbons (Fsp3) is 0.765. The first-order chi connectivity index (χ1) is 20.2. The Morgan fingerprint density at radius 1 is 1.09 bits per heavy atom. The molecule has 1 saturated heterocycles. The highest BCUT2D eigenvalue weighted by Crippen LogP contribution is 2.66. The van der Waals surface area contributed by atoms with Crippen molar-refractivity contribution in [1.82, 2.24) is 10.2 Å². The molecule has 1 aromatic rings. The Labute approximate surface area is 256 Å². The van der Waals surface area contributed by atoms with E-state index in [1.165, 1.54) is 18.4 Å². The molecule has 6 atom stereocenters. The van der Waals surface area contributed by atoms with E-state index in [9.17, 15) is 14.7 Å². The molecule has 5 aliphatic rings. The number of likely N-dealkylation sites (tertiary alicyclic amines) is 1. The predicted molar refractivity (Wildman–Crippen MR) is 161 cm³/mol. The van der Waals surface area contributed by atoms with E-state index >= 15 is 0 Å². The Bertz CT molecular complexity index is 1260. The first-order valence-corrected chi connectivity index (χ1v) is 16.2. The number of methoxy groups -OCH3 is 1. The van der Waals surface area contributed by atoms with Crippen LogP contribution in [-0.4, -0.2) is 83.2 Å². The smallest absolute Gasteiger partial charge is 0.323 e. The second-order valence-electron chi connectivity index (χ2n) is 15.5. The molecule has 2 N–H and O–H groups in total. The van der Waals surface area contributed by atoms with Gasteiger partial charge >= 0.3 is 11.9 Å². The number of rotatable bonds is 9. The summed E-state index contributed by atoms with van der Waals surface area (Å²) in [7, 11) is 1.84. The number of nitrogens with one attached hydrogen (secondary N) is 1. The van der Waals surface area contributed by atoms with Crippen LogP contribution in [0.4, 0.5) is 0 Å². The fourth-order valence-electron chi connectivity index (χ4n) is 8.60. The minimum Gasteiger partial charge on any atom is -0.504 e. The summed E-state index contributed by atoms with van der Waals surface area (Å²) in [6.45, 7) is 13.1. The van der Waals surface area contributed by atoms with E-state index in [-0.39, 0.29) is 42.7 Å². The van der Waals surface area contributed by atoms with Gasteiger partial charge in [-0.2, -0.15) is 0 Å². The van der Waals surface area contributed by atoms with Crippen molar-refractivity contribution in [3.05, 3.63) is 23.3 Å². The number of carbonyl (C=O) groups excluding carboxylic acids is 2. The highest BCUT2D eigenvalue weighted by atomic mass is 16.6. The zero-order valence-electron chi connectivity index (χ0n) is 27.0. The number of aromatic hydroxyl groups is 1. The van der Waals surface area contributed by atoms with Gasteiger partial charge in [0.15, 0.2) is 11.5 Å². The molecule has 0 aromatic heterocycles. The second kappa shape index (κ2) is 10.6.